The second-order valence-electron chi connectivity index (χ2n) is 15.4. The van der Waals surface area contributed by atoms with Crippen LogP contribution in [-0.4, -0.2) is 15.0 Å². The summed E-state index contributed by atoms with van der Waals surface area (Å²) in [6.45, 7) is 0. The third kappa shape index (κ3) is 5.69. The molecule has 11 aromatic rings. The molecule has 0 amide bonds. The smallest absolute Gasteiger partial charge is 0.165 e. The van der Waals surface area contributed by atoms with Crippen LogP contribution in [0.4, 0.5) is 0 Å². The molecule has 1 atom stereocenters. The Labute approximate surface area is 345 Å². The first-order valence-electron chi connectivity index (χ1n) is 20.2. The van der Waals surface area contributed by atoms with E-state index in [4.69, 9.17) is 19.4 Å². The molecule has 0 N–H and O–H groups in total. The van der Waals surface area contributed by atoms with Crippen LogP contribution in [0.1, 0.15) is 29.0 Å². The standard InChI is InChI=1S/C54H35N3OS/c1-3-13-34(14-4-1)52-55-53(35-15-5-2-6-16-35)57-54(56-52)45-23-12-22-44-47-32-36(28-30-49(47)59-51(44)45)38-29-27-33-25-26-37(31-46(33)41-18-8-7-17-40(38)41)39-20-11-21-43-42-19-9-10-24-48(42)58-50(39)43/h1-26,28,30-32,38H,27,29H2/t38-/m1/s1. The first kappa shape index (κ1) is 33.9. The molecule has 1 aliphatic rings. The minimum Gasteiger partial charge on any atom is -0.455 e. The second-order valence-corrected chi connectivity index (χ2v) is 16.5. The highest BCUT2D eigenvalue weighted by atomic mass is 32.1. The Morgan fingerprint density at radius 3 is 1.93 bits per heavy atom. The van der Waals surface area contributed by atoms with Crippen LogP contribution in [0.2, 0.25) is 0 Å². The predicted molar refractivity (Wildman–Crippen MR) is 244 cm³/mol. The lowest BCUT2D eigenvalue weighted by Crippen LogP contribution is -2.02. The molecule has 0 saturated carbocycles. The van der Waals surface area contributed by atoms with Gasteiger partial charge in [-0.15, -0.1) is 11.3 Å². The number of nitrogens with zero attached hydrogens (tertiary/aromatic N) is 3. The van der Waals surface area contributed by atoms with Crippen molar-refractivity contribution in [3.63, 3.8) is 0 Å². The van der Waals surface area contributed by atoms with Crippen molar-refractivity contribution in [3.8, 4) is 56.4 Å². The highest BCUT2D eigenvalue weighted by Crippen LogP contribution is 2.46. The number of hydrogen-bond donors (Lipinski definition) is 0. The van der Waals surface area contributed by atoms with Crippen molar-refractivity contribution in [2.75, 3.05) is 0 Å². The monoisotopic (exact) mass is 773 g/mol. The fraction of sp³-hybridized carbons (Fsp3) is 0.0556. The average Bonchev–Trinajstić information content (AvgIpc) is 3.83. The van der Waals surface area contributed by atoms with Crippen molar-refractivity contribution < 1.29 is 4.42 Å². The van der Waals surface area contributed by atoms with Crippen LogP contribution in [0.25, 0.3) is 98.5 Å². The number of benzene rings is 8. The van der Waals surface area contributed by atoms with Crippen molar-refractivity contribution in [1.82, 2.24) is 15.0 Å². The van der Waals surface area contributed by atoms with E-state index < -0.39 is 0 Å². The lowest BCUT2D eigenvalue weighted by Gasteiger charge is -2.19. The molecule has 0 unspecified atom stereocenters. The summed E-state index contributed by atoms with van der Waals surface area (Å²) in [6, 6.07) is 64.9. The number of thiophene rings is 1. The molecule has 4 nitrogen and oxygen atoms in total. The van der Waals surface area contributed by atoms with Gasteiger partial charge < -0.3 is 4.42 Å². The van der Waals surface area contributed by atoms with Gasteiger partial charge in [-0.25, -0.2) is 15.0 Å². The summed E-state index contributed by atoms with van der Waals surface area (Å²) in [5.74, 6) is 2.26. The quantitative estimate of drug-likeness (QED) is 0.175. The maximum atomic E-state index is 6.48. The van der Waals surface area contributed by atoms with Gasteiger partial charge >= 0.3 is 0 Å². The van der Waals surface area contributed by atoms with E-state index in [1.807, 2.05) is 53.8 Å². The van der Waals surface area contributed by atoms with Crippen molar-refractivity contribution in [2.45, 2.75) is 18.8 Å². The summed E-state index contributed by atoms with van der Waals surface area (Å²) < 4.78 is 8.92. The summed E-state index contributed by atoms with van der Waals surface area (Å²) in [5.41, 5.74) is 13.8. The van der Waals surface area contributed by atoms with Crippen LogP contribution in [-0.2, 0) is 6.42 Å². The summed E-state index contributed by atoms with van der Waals surface area (Å²) in [7, 11) is 0. The van der Waals surface area contributed by atoms with Crippen LogP contribution in [0.15, 0.2) is 186 Å². The molecule has 0 saturated heterocycles. The number of rotatable bonds is 5. The van der Waals surface area contributed by atoms with Crippen LogP contribution < -0.4 is 0 Å². The summed E-state index contributed by atoms with van der Waals surface area (Å²) in [5, 5.41) is 4.80. The molecule has 3 heterocycles. The molecular formula is C54H35N3OS. The maximum Gasteiger partial charge on any atom is 0.165 e. The van der Waals surface area contributed by atoms with E-state index in [2.05, 4.69) is 140 Å². The lowest BCUT2D eigenvalue weighted by atomic mass is 9.85. The average molecular weight is 774 g/mol. The highest BCUT2D eigenvalue weighted by Gasteiger charge is 2.26. The molecule has 0 bridgehead atoms. The molecule has 0 aliphatic heterocycles. The van der Waals surface area contributed by atoms with Gasteiger partial charge in [0.25, 0.3) is 0 Å². The molecule has 0 fully saturated rings. The predicted octanol–water partition coefficient (Wildman–Crippen LogP) is 14.6. The van der Waals surface area contributed by atoms with Crippen LogP contribution in [0.5, 0.6) is 0 Å². The van der Waals surface area contributed by atoms with E-state index >= 15 is 0 Å². The normalized spacial score (nSPS) is 13.8. The Hall–Kier alpha value is -7.21. The molecule has 278 valence electrons. The highest BCUT2D eigenvalue weighted by molar-refractivity contribution is 7.26. The zero-order valence-corrected chi connectivity index (χ0v) is 32.8. The van der Waals surface area contributed by atoms with Gasteiger partial charge in [0.05, 0.1) is 0 Å². The second kappa shape index (κ2) is 13.7. The van der Waals surface area contributed by atoms with Gasteiger partial charge in [-0.3, -0.25) is 0 Å². The largest absolute Gasteiger partial charge is 0.455 e. The minimum atomic E-state index is 0.244. The van der Waals surface area contributed by atoms with E-state index in [1.54, 1.807) is 0 Å². The number of hydrogen-bond acceptors (Lipinski definition) is 5. The first-order valence-corrected chi connectivity index (χ1v) is 21.0. The Kier molecular flexibility index (Phi) is 7.88. The maximum absolute atomic E-state index is 6.48. The number of furan rings is 1. The van der Waals surface area contributed by atoms with E-state index in [0.29, 0.717) is 17.5 Å². The number of para-hydroxylation sites is 2. The van der Waals surface area contributed by atoms with Gasteiger partial charge in [-0.2, -0.15) is 0 Å². The Morgan fingerprint density at radius 2 is 1.12 bits per heavy atom. The van der Waals surface area contributed by atoms with Crippen molar-refractivity contribution in [1.29, 1.82) is 0 Å². The van der Waals surface area contributed by atoms with Crippen LogP contribution in [0, 0.1) is 0 Å². The summed E-state index contributed by atoms with van der Waals surface area (Å²) in [6.07, 6.45) is 2.01. The molecule has 12 rings (SSSR count). The van der Waals surface area contributed by atoms with E-state index in [0.717, 1.165) is 57.0 Å². The van der Waals surface area contributed by atoms with E-state index in [-0.39, 0.29) is 5.92 Å². The van der Waals surface area contributed by atoms with Crippen LogP contribution >= 0.6 is 11.3 Å². The van der Waals surface area contributed by atoms with Gasteiger partial charge in [0.15, 0.2) is 17.5 Å². The van der Waals surface area contributed by atoms with E-state index in [9.17, 15) is 0 Å². The number of aryl methyl sites for hydroxylation is 1. The zero-order valence-electron chi connectivity index (χ0n) is 32.0. The topological polar surface area (TPSA) is 51.8 Å². The molecule has 1 aliphatic carbocycles. The molecule has 0 radical (unpaired) electrons. The van der Waals surface area contributed by atoms with Gasteiger partial charge in [0.1, 0.15) is 11.2 Å². The number of aromatic nitrogens is 3. The minimum absolute atomic E-state index is 0.244. The van der Waals surface area contributed by atoms with Crippen molar-refractivity contribution in [2.24, 2.45) is 0 Å². The molecule has 5 heteroatoms. The van der Waals surface area contributed by atoms with Gasteiger partial charge in [0.2, 0.25) is 0 Å². The van der Waals surface area contributed by atoms with Gasteiger partial charge in [0, 0.05) is 59.1 Å². The molecule has 8 aromatic carbocycles. The molecule has 59 heavy (non-hydrogen) atoms. The van der Waals surface area contributed by atoms with Gasteiger partial charge in [-0.05, 0) is 76.6 Å². The Balaban J connectivity index is 0.956. The summed E-state index contributed by atoms with van der Waals surface area (Å²) in [4.78, 5) is 15.1. The Bertz CT molecular complexity index is 3350. The molecule has 0 spiro atoms. The lowest BCUT2D eigenvalue weighted by molar-refractivity contribution is 0.670. The fourth-order valence-electron chi connectivity index (χ4n) is 9.17. The third-order valence-electron chi connectivity index (χ3n) is 12.0. The first-order chi connectivity index (χ1) is 29.2. The summed E-state index contributed by atoms with van der Waals surface area (Å²) >= 11 is 1.81. The molecule has 3 aromatic heterocycles. The fourth-order valence-corrected chi connectivity index (χ4v) is 10.4. The zero-order chi connectivity index (χ0) is 38.9. The van der Waals surface area contributed by atoms with Crippen molar-refractivity contribution in [3.05, 3.63) is 199 Å². The third-order valence-corrected chi connectivity index (χ3v) is 13.2. The molecular weight excluding hydrogens is 739 g/mol. The SMILES string of the molecule is c1ccc(-c2nc(-c3ccccc3)nc(-c3cccc4c3sc3ccc([C@H]5CCc6ccc(-c7cccc8c7oc7ccccc78)cc6-c6ccccc65)cc34)n2)cc1. The van der Waals surface area contributed by atoms with Gasteiger partial charge in [-0.1, -0.05) is 152 Å². The van der Waals surface area contributed by atoms with Crippen LogP contribution in [0.3, 0.4) is 0 Å². The van der Waals surface area contributed by atoms with Crippen molar-refractivity contribution >= 4 is 53.4 Å². The number of fused-ring (bicyclic) bond motifs is 9. The Morgan fingerprint density at radius 1 is 0.458 bits per heavy atom. The van der Waals surface area contributed by atoms with E-state index in [1.165, 1.54) is 53.6 Å².